The molecule has 0 aliphatic carbocycles. The van der Waals surface area contributed by atoms with Crippen LogP contribution in [-0.4, -0.2) is 48.3 Å². The Labute approximate surface area is 153 Å². The molecule has 0 aliphatic heterocycles. The van der Waals surface area contributed by atoms with Crippen LogP contribution in [0.3, 0.4) is 0 Å². The number of halogens is 3. The molecule has 1 heterocycles. The van der Waals surface area contributed by atoms with Crippen LogP contribution >= 0.6 is 0 Å². The summed E-state index contributed by atoms with van der Waals surface area (Å²) in [6.45, 7) is 0.718. The molecule has 11 heteroatoms. The average molecular weight is 383 g/mol. The molecular weight excluding hydrogens is 366 g/mol. The predicted octanol–water partition coefficient (Wildman–Crippen LogP) is -0.176. The van der Waals surface area contributed by atoms with E-state index >= 15 is 0 Å². The zero-order valence-electron chi connectivity index (χ0n) is 14.5. The third-order valence-electron chi connectivity index (χ3n) is 3.52. The summed E-state index contributed by atoms with van der Waals surface area (Å²) >= 11 is 0. The Kier molecular flexibility index (Phi) is 6.78. The maximum Gasteiger partial charge on any atom is 0.277 e. The molecule has 0 saturated carbocycles. The standard InChI is InChI=1S/C16H17BF3N3O4/c1-7-2-10(17)15(21-4-7)22-14-9(3-11(18)12(19)13(14)20)16(26)23-27-6-8(25)5-24/h2-4,8,24-25H,5-6,17H2,1H3,(H,21,22)(H,23,26). The highest BCUT2D eigenvalue weighted by Gasteiger charge is 2.24. The van der Waals surface area contributed by atoms with Crippen LogP contribution in [0.1, 0.15) is 15.9 Å². The van der Waals surface area contributed by atoms with Crippen molar-refractivity contribution in [1.29, 1.82) is 0 Å². The van der Waals surface area contributed by atoms with Crippen LogP contribution in [0.25, 0.3) is 0 Å². The molecule has 0 spiro atoms. The first-order valence-electron chi connectivity index (χ1n) is 7.83. The van der Waals surface area contributed by atoms with Crippen molar-refractivity contribution in [2.75, 3.05) is 18.5 Å². The van der Waals surface area contributed by atoms with E-state index in [4.69, 9.17) is 10.2 Å². The van der Waals surface area contributed by atoms with Gasteiger partial charge in [-0.3, -0.25) is 9.63 Å². The van der Waals surface area contributed by atoms with Gasteiger partial charge in [-0.25, -0.2) is 23.6 Å². The number of carbonyl (C=O) groups excluding carboxylic acids is 1. The molecule has 0 bridgehead atoms. The number of benzene rings is 1. The third-order valence-corrected chi connectivity index (χ3v) is 3.52. The van der Waals surface area contributed by atoms with E-state index in [0.29, 0.717) is 11.5 Å². The van der Waals surface area contributed by atoms with Crippen molar-refractivity contribution >= 4 is 30.7 Å². The highest BCUT2D eigenvalue weighted by atomic mass is 19.2. The number of aliphatic hydroxyl groups excluding tert-OH is 2. The van der Waals surface area contributed by atoms with Crippen LogP contribution in [0.4, 0.5) is 24.7 Å². The largest absolute Gasteiger partial charge is 0.394 e. The number of hydrogen-bond donors (Lipinski definition) is 4. The normalized spacial score (nSPS) is 11.9. The van der Waals surface area contributed by atoms with Crippen molar-refractivity contribution in [3.05, 3.63) is 46.9 Å². The predicted molar refractivity (Wildman–Crippen MR) is 93.3 cm³/mol. The van der Waals surface area contributed by atoms with Gasteiger partial charge in [0.05, 0.1) is 17.9 Å². The lowest BCUT2D eigenvalue weighted by molar-refractivity contribution is -0.0295. The molecule has 0 saturated heterocycles. The van der Waals surface area contributed by atoms with Gasteiger partial charge in [0, 0.05) is 6.20 Å². The maximum atomic E-state index is 14.3. The van der Waals surface area contributed by atoms with E-state index in [2.05, 4.69) is 15.1 Å². The highest BCUT2D eigenvalue weighted by Crippen LogP contribution is 2.27. The van der Waals surface area contributed by atoms with Gasteiger partial charge in [0.2, 0.25) is 0 Å². The van der Waals surface area contributed by atoms with E-state index in [0.717, 1.165) is 5.56 Å². The molecule has 0 fully saturated rings. The Morgan fingerprint density at radius 3 is 2.67 bits per heavy atom. The van der Waals surface area contributed by atoms with Crippen LogP contribution in [0.2, 0.25) is 0 Å². The van der Waals surface area contributed by atoms with E-state index in [1.54, 1.807) is 20.8 Å². The smallest absolute Gasteiger partial charge is 0.277 e. The van der Waals surface area contributed by atoms with Crippen molar-refractivity contribution in [3.8, 4) is 0 Å². The average Bonchev–Trinajstić information content (AvgIpc) is 2.63. The number of carbonyl (C=O) groups is 1. The Morgan fingerprint density at radius 2 is 2.04 bits per heavy atom. The molecule has 1 unspecified atom stereocenters. The van der Waals surface area contributed by atoms with E-state index < -0.39 is 53.9 Å². The number of hydrogen-bond acceptors (Lipinski definition) is 6. The van der Waals surface area contributed by atoms with E-state index in [1.165, 1.54) is 6.20 Å². The number of nitrogens with one attached hydrogen (secondary N) is 2. The minimum atomic E-state index is -1.75. The molecule has 0 aliphatic rings. The topological polar surface area (TPSA) is 104 Å². The van der Waals surface area contributed by atoms with Gasteiger partial charge in [0.1, 0.15) is 26.4 Å². The Balaban J connectivity index is 2.34. The molecule has 1 aromatic heterocycles. The molecular formula is C16H17BF3N3O4. The number of aliphatic hydroxyl groups is 2. The monoisotopic (exact) mass is 383 g/mol. The van der Waals surface area contributed by atoms with E-state index in [9.17, 15) is 18.0 Å². The van der Waals surface area contributed by atoms with Crippen LogP contribution < -0.4 is 16.3 Å². The SMILES string of the molecule is Bc1cc(C)cnc1Nc1c(C(=O)NOCC(O)CO)cc(F)c(F)c1F. The fraction of sp³-hybridized carbons (Fsp3) is 0.250. The molecule has 2 rings (SSSR count). The summed E-state index contributed by atoms with van der Waals surface area (Å²) in [6.07, 6.45) is 0.218. The quantitative estimate of drug-likeness (QED) is 0.301. The first kappa shape index (κ1) is 20.7. The molecule has 0 radical (unpaired) electrons. The Hall–Kier alpha value is -2.63. The number of hydroxylamine groups is 1. The van der Waals surface area contributed by atoms with Gasteiger partial charge in [-0.15, -0.1) is 0 Å². The Morgan fingerprint density at radius 1 is 1.33 bits per heavy atom. The van der Waals surface area contributed by atoms with Gasteiger partial charge in [0.25, 0.3) is 5.91 Å². The minimum Gasteiger partial charge on any atom is -0.394 e. The molecule has 7 nitrogen and oxygen atoms in total. The van der Waals surface area contributed by atoms with Crippen molar-refractivity contribution in [1.82, 2.24) is 10.5 Å². The van der Waals surface area contributed by atoms with Crippen molar-refractivity contribution in [2.24, 2.45) is 0 Å². The van der Waals surface area contributed by atoms with Crippen LogP contribution in [0.5, 0.6) is 0 Å². The number of pyridine rings is 1. The summed E-state index contributed by atoms with van der Waals surface area (Å²) in [6, 6.07) is 2.23. The molecule has 1 aromatic carbocycles. The molecule has 27 heavy (non-hydrogen) atoms. The zero-order valence-corrected chi connectivity index (χ0v) is 14.5. The minimum absolute atomic E-state index is 0.149. The van der Waals surface area contributed by atoms with Crippen molar-refractivity contribution < 1.29 is 33.0 Å². The summed E-state index contributed by atoms with van der Waals surface area (Å²) in [5, 5.41) is 20.3. The fourth-order valence-corrected chi connectivity index (χ4v) is 2.17. The van der Waals surface area contributed by atoms with Crippen LogP contribution in [0.15, 0.2) is 18.3 Å². The third kappa shape index (κ3) is 4.97. The first-order valence-corrected chi connectivity index (χ1v) is 7.83. The lowest BCUT2D eigenvalue weighted by Crippen LogP contribution is -2.30. The van der Waals surface area contributed by atoms with E-state index in [1.807, 2.05) is 5.48 Å². The van der Waals surface area contributed by atoms with Gasteiger partial charge < -0.3 is 15.5 Å². The molecule has 1 atom stereocenters. The molecule has 4 N–H and O–H groups in total. The number of aryl methyl sites for hydroxylation is 1. The lowest BCUT2D eigenvalue weighted by atomic mass is 9.95. The van der Waals surface area contributed by atoms with Gasteiger partial charge in [0.15, 0.2) is 17.5 Å². The maximum absolute atomic E-state index is 14.3. The van der Waals surface area contributed by atoms with Gasteiger partial charge in [-0.05, 0) is 24.0 Å². The number of anilines is 2. The van der Waals surface area contributed by atoms with Crippen molar-refractivity contribution in [3.63, 3.8) is 0 Å². The second-order valence-electron chi connectivity index (χ2n) is 5.79. The highest BCUT2D eigenvalue weighted by molar-refractivity contribution is 6.35. The van der Waals surface area contributed by atoms with Crippen molar-refractivity contribution in [2.45, 2.75) is 13.0 Å². The summed E-state index contributed by atoms with van der Waals surface area (Å²) in [5.41, 5.74) is 2.08. The molecule has 2 aromatic rings. The number of amides is 1. The zero-order chi connectivity index (χ0) is 20.1. The number of rotatable bonds is 7. The fourth-order valence-electron chi connectivity index (χ4n) is 2.17. The van der Waals surface area contributed by atoms with Gasteiger partial charge in [-0.2, -0.15) is 0 Å². The van der Waals surface area contributed by atoms with Crippen LogP contribution in [0, 0.1) is 24.4 Å². The summed E-state index contributed by atoms with van der Waals surface area (Å²) in [4.78, 5) is 20.9. The first-order chi connectivity index (χ1) is 12.7. The lowest BCUT2D eigenvalue weighted by Gasteiger charge is -2.15. The summed E-state index contributed by atoms with van der Waals surface area (Å²) in [7, 11) is 1.67. The number of aromatic nitrogens is 1. The second kappa shape index (κ2) is 8.84. The van der Waals surface area contributed by atoms with Gasteiger partial charge in [-0.1, -0.05) is 6.07 Å². The summed E-state index contributed by atoms with van der Waals surface area (Å²) < 4.78 is 41.6. The van der Waals surface area contributed by atoms with Crippen LogP contribution in [-0.2, 0) is 4.84 Å². The summed E-state index contributed by atoms with van der Waals surface area (Å²) in [5.74, 6) is -5.86. The van der Waals surface area contributed by atoms with Gasteiger partial charge >= 0.3 is 0 Å². The van der Waals surface area contributed by atoms with E-state index in [-0.39, 0.29) is 5.82 Å². The Bertz CT molecular complexity index is 854. The number of nitrogens with zero attached hydrogens (tertiary/aromatic N) is 1. The second-order valence-corrected chi connectivity index (χ2v) is 5.79. The molecule has 144 valence electrons. The molecule has 1 amide bonds.